The highest BCUT2D eigenvalue weighted by atomic mass is 35.5. The first-order chi connectivity index (χ1) is 11.2. The molecular formula is C21H33ClS. The van der Waals surface area contributed by atoms with Gasteiger partial charge in [0.15, 0.2) is 0 Å². The van der Waals surface area contributed by atoms with Crippen LogP contribution in [0.25, 0.3) is 11.1 Å². The maximum atomic E-state index is 6.23. The third kappa shape index (κ3) is 8.48. The Morgan fingerprint density at radius 2 is 1.26 bits per heavy atom. The minimum Gasteiger partial charge on any atom is -0.130 e. The van der Waals surface area contributed by atoms with Gasteiger partial charge in [0, 0.05) is 9.92 Å². The Hall–Kier alpha value is -0.920. The van der Waals surface area contributed by atoms with Crippen LogP contribution in [0.5, 0.6) is 0 Å². The smallest absolute Gasteiger partial charge is 0.0444 e. The summed E-state index contributed by atoms with van der Waals surface area (Å²) in [4.78, 5) is 1.28. The Bertz CT molecular complexity index is 504. The van der Waals surface area contributed by atoms with Crippen LogP contribution in [0.2, 0.25) is 5.02 Å². The second-order valence-electron chi connectivity index (χ2n) is 3.89. The van der Waals surface area contributed by atoms with Gasteiger partial charge in [0.25, 0.3) is 0 Å². The highest BCUT2D eigenvalue weighted by Crippen LogP contribution is 2.27. The van der Waals surface area contributed by atoms with Gasteiger partial charge in [0.1, 0.15) is 0 Å². The SMILES string of the molecule is CC.CC.CC.CCc1ccc(-c2ccc(SC)cc2)cc1Cl. The molecule has 0 saturated carbocycles. The van der Waals surface area contributed by atoms with Crippen molar-refractivity contribution in [3.05, 3.63) is 53.1 Å². The van der Waals surface area contributed by atoms with Crippen molar-refractivity contribution in [2.45, 2.75) is 59.8 Å². The Labute approximate surface area is 153 Å². The van der Waals surface area contributed by atoms with Crippen molar-refractivity contribution in [2.24, 2.45) is 0 Å². The van der Waals surface area contributed by atoms with Gasteiger partial charge in [-0.3, -0.25) is 0 Å². The fourth-order valence-electron chi connectivity index (χ4n) is 1.80. The molecule has 23 heavy (non-hydrogen) atoms. The van der Waals surface area contributed by atoms with Crippen LogP contribution in [0, 0.1) is 0 Å². The van der Waals surface area contributed by atoms with Crippen LogP contribution >= 0.6 is 23.4 Å². The molecule has 130 valence electrons. The number of aryl methyl sites for hydroxylation is 1. The van der Waals surface area contributed by atoms with Crippen molar-refractivity contribution in [3.63, 3.8) is 0 Å². The van der Waals surface area contributed by atoms with E-state index in [9.17, 15) is 0 Å². The summed E-state index contributed by atoms with van der Waals surface area (Å²) in [7, 11) is 0. The summed E-state index contributed by atoms with van der Waals surface area (Å²) in [5.74, 6) is 0. The molecule has 0 saturated heterocycles. The number of hydrogen-bond donors (Lipinski definition) is 0. The summed E-state index contributed by atoms with van der Waals surface area (Å²) in [5, 5.41) is 0.860. The molecule has 0 aromatic heterocycles. The molecule has 0 unspecified atom stereocenters. The predicted molar refractivity (Wildman–Crippen MR) is 112 cm³/mol. The average molecular weight is 353 g/mol. The Kier molecular flexibility index (Phi) is 16.9. The van der Waals surface area contributed by atoms with Crippen LogP contribution in [0.15, 0.2) is 47.4 Å². The zero-order valence-corrected chi connectivity index (χ0v) is 17.6. The molecule has 0 spiro atoms. The van der Waals surface area contributed by atoms with Crippen LogP contribution in [0.4, 0.5) is 0 Å². The summed E-state index contributed by atoms with van der Waals surface area (Å²) in [6, 6.07) is 14.9. The molecule has 2 aromatic rings. The summed E-state index contributed by atoms with van der Waals surface area (Å²) in [6.07, 6.45) is 3.06. The summed E-state index contributed by atoms with van der Waals surface area (Å²) in [5.41, 5.74) is 3.60. The lowest BCUT2D eigenvalue weighted by Crippen LogP contribution is -1.84. The van der Waals surface area contributed by atoms with Gasteiger partial charge in [-0.05, 0) is 47.6 Å². The van der Waals surface area contributed by atoms with E-state index < -0.39 is 0 Å². The molecule has 0 nitrogen and oxygen atoms in total. The lowest BCUT2D eigenvalue weighted by molar-refractivity contribution is 1.14. The van der Waals surface area contributed by atoms with Crippen LogP contribution in [0.3, 0.4) is 0 Å². The molecule has 2 heteroatoms. The van der Waals surface area contributed by atoms with E-state index in [-0.39, 0.29) is 0 Å². The van der Waals surface area contributed by atoms with E-state index in [0.29, 0.717) is 0 Å². The van der Waals surface area contributed by atoms with Crippen molar-refractivity contribution in [1.82, 2.24) is 0 Å². The molecule has 0 amide bonds. The van der Waals surface area contributed by atoms with Gasteiger partial charge in [-0.1, -0.05) is 84.3 Å². The molecule has 0 aliphatic heterocycles. The maximum absolute atomic E-state index is 6.23. The molecule has 2 aromatic carbocycles. The quantitative estimate of drug-likeness (QED) is 0.500. The number of benzene rings is 2. The van der Waals surface area contributed by atoms with Gasteiger partial charge in [-0.25, -0.2) is 0 Å². The minimum absolute atomic E-state index is 0.860. The monoisotopic (exact) mass is 352 g/mol. The summed E-state index contributed by atoms with van der Waals surface area (Å²) in [6.45, 7) is 14.1. The number of halogens is 1. The summed E-state index contributed by atoms with van der Waals surface area (Å²) < 4.78 is 0. The Balaban J connectivity index is 0. The second kappa shape index (κ2) is 16.0. The van der Waals surface area contributed by atoms with Crippen LogP contribution in [0.1, 0.15) is 54.0 Å². The van der Waals surface area contributed by atoms with E-state index in [4.69, 9.17) is 11.6 Å². The third-order valence-corrected chi connectivity index (χ3v) is 3.95. The number of rotatable bonds is 3. The molecule has 0 aliphatic rings. The van der Waals surface area contributed by atoms with E-state index in [1.165, 1.54) is 21.6 Å². The number of thioether (sulfide) groups is 1. The highest BCUT2D eigenvalue weighted by Gasteiger charge is 2.02. The maximum Gasteiger partial charge on any atom is 0.0444 e. The first-order valence-corrected chi connectivity index (χ1v) is 10.3. The van der Waals surface area contributed by atoms with Gasteiger partial charge in [-0.2, -0.15) is 0 Å². The normalized spacial score (nSPS) is 8.57. The van der Waals surface area contributed by atoms with Crippen LogP contribution in [-0.2, 0) is 6.42 Å². The topological polar surface area (TPSA) is 0 Å². The van der Waals surface area contributed by atoms with E-state index in [1.807, 2.05) is 41.5 Å². The Morgan fingerprint density at radius 3 is 1.65 bits per heavy atom. The second-order valence-corrected chi connectivity index (χ2v) is 5.18. The van der Waals surface area contributed by atoms with Gasteiger partial charge in [0.2, 0.25) is 0 Å². The first-order valence-electron chi connectivity index (χ1n) is 8.67. The zero-order chi connectivity index (χ0) is 18.3. The molecule has 0 atom stereocenters. The highest BCUT2D eigenvalue weighted by molar-refractivity contribution is 7.98. The van der Waals surface area contributed by atoms with E-state index in [2.05, 4.69) is 55.6 Å². The molecular weight excluding hydrogens is 320 g/mol. The van der Waals surface area contributed by atoms with Crippen molar-refractivity contribution in [3.8, 4) is 11.1 Å². The zero-order valence-electron chi connectivity index (χ0n) is 16.0. The van der Waals surface area contributed by atoms with E-state index >= 15 is 0 Å². The van der Waals surface area contributed by atoms with Gasteiger partial charge < -0.3 is 0 Å². The molecule has 0 heterocycles. The molecule has 0 radical (unpaired) electrons. The van der Waals surface area contributed by atoms with E-state index in [0.717, 1.165) is 11.4 Å². The fraction of sp³-hybridized carbons (Fsp3) is 0.429. The standard InChI is InChI=1S/C15H15ClS.3C2H6/c1-3-11-4-5-13(10-15(11)16)12-6-8-14(17-2)9-7-12;3*1-2/h4-10H,3H2,1-2H3;3*1-2H3. The third-order valence-electron chi connectivity index (χ3n) is 2.86. The Morgan fingerprint density at radius 1 is 0.783 bits per heavy atom. The average Bonchev–Trinajstić information content (AvgIpc) is 2.66. The van der Waals surface area contributed by atoms with Gasteiger partial charge in [0.05, 0.1) is 0 Å². The lowest BCUT2D eigenvalue weighted by atomic mass is 10.0. The van der Waals surface area contributed by atoms with Crippen molar-refractivity contribution >= 4 is 23.4 Å². The molecule has 0 bridgehead atoms. The molecule has 0 aliphatic carbocycles. The summed E-state index contributed by atoms with van der Waals surface area (Å²) >= 11 is 7.99. The van der Waals surface area contributed by atoms with Crippen LogP contribution < -0.4 is 0 Å². The molecule has 2 rings (SSSR count). The van der Waals surface area contributed by atoms with Gasteiger partial charge in [-0.15, -0.1) is 11.8 Å². The van der Waals surface area contributed by atoms with Crippen molar-refractivity contribution in [1.29, 1.82) is 0 Å². The minimum atomic E-state index is 0.860. The van der Waals surface area contributed by atoms with E-state index in [1.54, 1.807) is 11.8 Å². The van der Waals surface area contributed by atoms with Crippen molar-refractivity contribution in [2.75, 3.05) is 6.26 Å². The first kappa shape index (κ1) is 24.3. The predicted octanol–water partition coefficient (Wildman–Crippen LogP) is 8.37. The van der Waals surface area contributed by atoms with Gasteiger partial charge >= 0.3 is 0 Å². The molecule has 0 N–H and O–H groups in total. The largest absolute Gasteiger partial charge is 0.130 e. The lowest BCUT2D eigenvalue weighted by Gasteiger charge is -2.06. The number of hydrogen-bond acceptors (Lipinski definition) is 1. The fourth-order valence-corrected chi connectivity index (χ4v) is 2.52. The van der Waals surface area contributed by atoms with Crippen LogP contribution in [-0.4, -0.2) is 6.26 Å². The van der Waals surface area contributed by atoms with Crippen molar-refractivity contribution < 1.29 is 0 Å². The molecule has 0 fully saturated rings.